The Morgan fingerprint density at radius 2 is 2.15 bits per heavy atom. The molecule has 64 valence electrons. The van der Waals surface area contributed by atoms with Gasteiger partial charge in [-0.2, -0.15) is 5.26 Å². The SMILES string of the molecule is N#Cc1cc2cc(Br)c(Cl)cc2[nH]1. The number of nitrogens with one attached hydrogen (secondary N) is 1. The molecule has 4 heteroatoms. The topological polar surface area (TPSA) is 39.6 Å². The zero-order chi connectivity index (χ0) is 9.42. The second-order valence-electron chi connectivity index (χ2n) is 2.65. The number of nitriles is 1. The van der Waals surface area contributed by atoms with Crippen molar-refractivity contribution < 1.29 is 0 Å². The van der Waals surface area contributed by atoms with Crippen molar-refractivity contribution in [2.75, 3.05) is 0 Å². The normalized spacial score (nSPS) is 10.2. The van der Waals surface area contributed by atoms with Gasteiger partial charge in [-0.05, 0) is 34.1 Å². The molecule has 0 unspecified atom stereocenters. The number of rotatable bonds is 0. The van der Waals surface area contributed by atoms with Crippen molar-refractivity contribution in [3.63, 3.8) is 0 Å². The Morgan fingerprint density at radius 1 is 1.38 bits per heavy atom. The highest BCUT2D eigenvalue weighted by Crippen LogP contribution is 2.28. The molecule has 0 amide bonds. The Hall–Kier alpha value is -0.980. The first kappa shape index (κ1) is 8.61. The van der Waals surface area contributed by atoms with E-state index >= 15 is 0 Å². The summed E-state index contributed by atoms with van der Waals surface area (Å²) in [6.45, 7) is 0. The van der Waals surface area contributed by atoms with Crippen molar-refractivity contribution >= 4 is 38.4 Å². The number of aromatic amines is 1. The maximum absolute atomic E-state index is 8.65. The van der Waals surface area contributed by atoms with Crippen LogP contribution >= 0.6 is 27.5 Å². The number of hydrogen-bond acceptors (Lipinski definition) is 1. The van der Waals surface area contributed by atoms with Gasteiger partial charge in [0.05, 0.1) is 5.02 Å². The van der Waals surface area contributed by atoms with Crippen molar-refractivity contribution in [3.05, 3.63) is 33.4 Å². The minimum atomic E-state index is 0.546. The quantitative estimate of drug-likeness (QED) is 0.769. The van der Waals surface area contributed by atoms with Crippen molar-refractivity contribution in [2.24, 2.45) is 0 Å². The minimum Gasteiger partial charge on any atom is -0.346 e. The zero-order valence-electron chi connectivity index (χ0n) is 6.44. The summed E-state index contributed by atoms with van der Waals surface area (Å²) in [5, 5.41) is 10.3. The predicted octanol–water partition coefficient (Wildman–Crippen LogP) is 3.46. The van der Waals surface area contributed by atoms with Gasteiger partial charge >= 0.3 is 0 Å². The molecule has 0 aliphatic heterocycles. The average Bonchev–Trinajstić information content (AvgIpc) is 2.48. The molecule has 2 rings (SSSR count). The van der Waals surface area contributed by atoms with Gasteiger partial charge in [-0.25, -0.2) is 0 Å². The van der Waals surface area contributed by atoms with Gasteiger partial charge in [0.15, 0.2) is 0 Å². The van der Waals surface area contributed by atoms with E-state index in [9.17, 15) is 0 Å². The first-order valence-corrected chi connectivity index (χ1v) is 4.75. The maximum atomic E-state index is 8.65. The third-order valence-electron chi connectivity index (χ3n) is 1.78. The van der Waals surface area contributed by atoms with Crippen LogP contribution in [0.25, 0.3) is 10.9 Å². The van der Waals surface area contributed by atoms with E-state index in [1.807, 2.05) is 12.1 Å². The Balaban J connectivity index is 2.79. The summed E-state index contributed by atoms with van der Waals surface area (Å²) >= 11 is 9.21. The molecule has 1 heterocycles. The highest BCUT2D eigenvalue weighted by molar-refractivity contribution is 9.10. The highest BCUT2D eigenvalue weighted by atomic mass is 79.9. The van der Waals surface area contributed by atoms with Gasteiger partial charge in [0.2, 0.25) is 0 Å². The molecular formula is C9H4BrClN2. The average molecular weight is 256 g/mol. The van der Waals surface area contributed by atoms with Gasteiger partial charge in [-0.3, -0.25) is 0 Å². The Labute approximate surface area is 88.3 Å². The summed E-state index contributed by atoms with van der Waals surface area (Å²) < 4.78 is 0.838. The van der Waals surface area contributed by atoms with Crippen molar-refractivity contribution in [2.45, 2.75) is 0 Å². The van der Waals surface area contributed by atoms with Gasteiger partial charge in [0.25, 0.3) is 0 Å². The number of benzene rings is 1. The number of aromatic nitrogens is 1. The van der Waals surface area contributed by atoms with E-state index in [1.54, 1.807) is 12.1 Å². The van der Waals surface area contributed by atoms with Gasteiger partial charge in [0.1, 0.15) is 11.8 Å². The Bertz CT molecular complexity index is 471. The molecule has 0 fully saturated rings. The fraction of sp³-hybridized carbons (Fsp3) is 0. The molecule has 0 saturated carbocycles. The molecule has 1 aromatic heterocycles. The lowest BCUT2D eigenvalue weighted by molar-refractivity contribution is 1.37. The van der Waals surface area contributed by atoms with Crippen LogP contribution in [0.15, 0.2) is 22.7 Å². The molecule has 0 atom stereocenters. The highest BCUT2D eigenvalue weighted by Gasteiger charge is 2.03. The van der Waals surface area contributed by atoms with Crippen LogP contribution in [0.1, 0.15) is 5.69 Å². The summed E-state index contributed by atoms with van der Waals surface area (Å²) in [6, 6.07) is 7.51. The molecule has 0 spiro atoms. The first-order chi connectivity index (χ1) is 6.20. The van der Waals surface area contributed by atoms with E-state index < -0.39 is 0 Å². The Kier molecular flexibility index (Phi) is 2.03. The summed E-state index contributed by atoms with van der Waals surface area (Å²) in [5.41, 5.74) is 1.42. The molecule has 1 aromatic carbocycles. The second-order valence-corrected chi connectivity index (χ2v) is 3.91. The lowest BCUT2D eigenvalue weighted by Crippen LogP contribution is -1.71. The van der Waals surface area contributed by atoms with Crippen LogP contribution in [0.2, 0.25) is 5.02 Å². The number of hydrogen-bond donors (Lipinski definition) is 1. The van der Waals surface area contributed by atoms with Crippen molar-refractivity contribution in [3.8, 4) is 6.07 Å². The van der Waals surface area contributed by atoms with Crippen LogP contribution in [0.3, 0.4) is 0 Å². The maximum Gasteiger partial charge on any atom is 0.118 e. The Morgan fingerprint density at radius 3 is 2.85 bits per heavy atom. The first-order valence-electron chi connectivity index (χ1n) is 3.58. The van der Waals surface area contributed by atoms with Crippen LogP contribution in [-0.4, -0.2) is 4.98 Å². The fourth-order valence-corrected chi connectivity index (χ4v) is 1.71. The smallest absolute Gasteiger partial charge is 0.118 e. The lowest BCUT2D eigenvalue weighted by atomic mass is 10.2. The summed E-state index contributed by atoms with van der Waals surface area (Å²) in [6.07, 6.45) is 0. The van der Waals surface area contributed by atoms with Crippen LogP contribution in [0, 0.1) is 11.3 Å². The fourth-order valence-electron chi connectivity index (χ4n) is 1.19. The van der Waals surface area contributed by atoms with Gasteiger partial charge in [-0.1, -0.05) is 11.6 Å². The molecule has 13 heavy (non-hydrogen) atoms. The summed E-state index contributed by atoms with van der Waals surface area (Å²) in [7, 11) is 0. The molecule has 2 nitrogen and oxygen atoms in total. The standard InChI is InChI=1S/C9H4BrClN2/c10-7-2-5-1-6(4-12)13-9(5)3-8(7)11/h1-3,13H. The van der Waals surface area contributed by atoms with Crippen LogP contribution in [-0.2, 0) is 0 Å². The lowest BCUT2D eigenvalue weighted by Gasteiger charge is -1.94. The summed E-state index contributed by atoms with van der Waals surface area (Å²) in [4.78, 5) is 2.95. The van der Waals surface area contributed by atoms with Crippen LogP contribution in [0.5, 0.6) is 0 Å². The zero-order valence-corrected chi connectivity index (χ0v) is 8.78. The van der Waals surface area contributed by atoms with E-state index in [0.717, 1.165) is 15.4 Å². The van der Waals surface area contributed by atoms with E-state index in [0.29, 0.717) is 10.7 Å². The van der Waals surface area contributed by atoms with Gasteiger partial charge < -0.3 is 4.98 Å². The van der Waals surface area contributed by atoms with Gasteiger partial charge in [-0.15, -0.1) is 0 Å². The largest absolute Gasteiger partial charge is 0.346 e. The van der Waals surface area contributed by atoms with E-state index in [4.69, 9.17) is 16.9 Å². The molecule has 2 aromatic rings. The molecule has 1 N–H and O–H groups in total. The van der Waals surface area contributed by atoms with Gasteiger partial charge in [0, 0.05) is 15.4 Å². The third kappa shape index (κ3) is 1.43. The van der Waals surface area contributed by atoms with Crippen LogP contribution < -0.4 is 0 Å². The summed E-state index contributed by atoms with van der Waals surface area (Å²) in [5.74, 6) is 0. The predicted molar refractivity (Wildman–Crippen MR) is 55.7 cm³/mol. The van der Waals surface area contributed by atoms with Crippen molar-refractivity contribution in [1.82, 2.24) is 4.98 Å². The van der Waals surface area contributed by atoms with Crippen LogP contribution in [0.4, 0.5) is 0 Å². The van der Waals surface area contributed by atoms with E-state index in [2.05, 4.69) is 20.9 Å². The molecule has 0 radical (unpaired) electrons. The third-order valence-corrected chi connectivity index (χ3v) is 2.98. The monoisotopic (exact) mass is 254 g/mol. The molecule has 0 aliphatic carbocycles. The number of halogens is 2. The molecule has 0 saturated heterocycles. The van der Waals surface area contributed by atoms with E-state index in [-0.39, 0.29) is 0 Å². The van der Waals surface area contributed by atoms with Crippen molar-refractivity contribution in [1.29, 1.82) is 5.26 Å². The molecule has 0 bridgehead atoms. The number of nitrogens with zero attached hydrogens (tertiary/aromatic N) is 1. The molecule has 0 aliphatic rings. The molecular weight excluding hydrogens is 251 g/mol. The second kappa shape index (κ2) is 3.06. The number of H-pyrrole nitrogens is 1. The number of fused-ring (bicyclic) bond motifs is 1. The minimum absolute atomic E-state index is 0.546. The van der Waals surface area contributed by atoms with E-state index in [1.165, 1.54) is 0 Å².